The summed E-state index contributed by atoms with van der Waals surface area (Å²) >= 11 is 0. The second-order valence-corrected chi connectivity index (χ2v) is 3.12. The quantitative estimate of drug-likeness (QED) is 0.641. The fourth-order valence-electron chi connectivity index (χ4n) is 1.18. The Morgan fingerprint density at radius 3 is 2.24 bits per heavy atom. The minimum absolute atomic E-state index is 0.183. The van der Waals surface area contributed by atoms with Crippen LogP contribution in [0, 0.1) is 29.0 Å². The van der Waals surface area contributed by atoms with Crippen LogP contribution >= 0.6 is 0 Å². The fraction of sp³-hybridized carbons (Fsp3) is 0. The van der Waals surface area contributed by atoms with Crippen LogP contribution in [0.4, 0.5) is 4.39 Å². The Kier molecular flexibility index (Phi) is 3.09. The largest absolute Gasteiger partial charge is 0.243 e. The number of hydrogen-bond donors (Lipinski definition) is 0. The van der Waals surface area contributed by atoms with E-state index in [9.17, 15) is 4.39 Å². The van der Waals surface area contributed by atoms with E-state index in [0.29, 0.717) is 11.3 Å². The van der Waals surface area contributed by atoms with Crippen LogP contribution in [0.5, 0.6) is 0 Å². The van der Waals surface area contributed by atoms with Crippen molar-refractivity contribution in [3.8, 4) is 17.9 Å². The smallest absolute Gasteiger partial charge is 0.174 e. The lowest BCUT2D eigenvalue weighted by Crippen LogP contribution is -1.91. The van der Waals surface area contributed by atoms with Crippen molar-refractivity contribution in [3.05, 3.63) is 59.4 Å². The summed E-state index contributed by atoms with van der Waals surface area (Å²) in [6.45, 7) is 0. The van der Waals surface area contributed by atoms with E-state index in [2.05, 4.69) is 21.8 Å². The van der Waals surface area contributed by atoms with Gasteiger partial charge in [0.25, 0.3) is 0 Å². The lowest BCUT2D eigenvalue weighted by molar-refractivity contribution is 0.627. The zero-order chi connectivity index (χ0) is 12.1. The number of nitrogens with zero attached hydrogens (tertiary/aromatic N) is 3. The molecule has 0 saturated heterocycles. The third-order valence-corrected chi connectivity index (χ3v) is 1.97. The minimum atomic E-state index is -0.312. The molecule has 3 nitrogen and oxygen atoms in total. The third kappa shape index (κ3) is 2.64. The molecule has 0 radical (unpaired) electrons. The van der Waals surface area contributed by atoms with Gasteiger partial charge in [-0.3, -0.25) is 0 Å². The molecule has 2 aromatic rings. The molecule has 0 bridgehead atoms. The predicted octanol–water partition coefficient (Wildman–Crippen LogP) is 1.89. The van der Waals surface area contributed by atoms with Crippen LogP contribution in [0.15, 0.2) is 36.7 Å². The normalized spacial score (nSPS) is 8.94. The summed E-state index contributed by atoms with van der Waals surface area (Å²) in [7, 11) is 0. The Morgan fingerprint density at radius 1 is 0.941 bits per heavy atom. The topological polar surface area (TPSA) is 49.6 Å². The van der Waals surface area contributed by atoms with Crippen LogP contribution in [0.25, 0.3) is 0 Å². The summed E-state index contributed by atoms with van der Waals surface area (Å²) < 4.78 is 12.7. The fourth-order valence-corrected chi connectivity index (χ4v) is 1.18. The van der Waals surface area contributed by atoms with E-state index >= 15 is 0 Å². The summed E-state index contributed by atoms with van der Waals surface area (Å²) in [5.41, 5.74) is 1.15. The molecule has 0 atom stereocenters. The Balaban J connectivity index is 2.33. The first kappa shape index (κ1) is 10.8. The molecule has 1 heterocycles. The number of rotatable bonds is 0. The maximum atomic E-state index is 12.7. The summed E-state index contributed by atoms with van der Waals surface area (Å²) in [5, 5.41) is 8.78. The monoisotopic (exact) mass is 223 g/mol. The van der Waals surface area contributed by atoms with Crippen molar-refractivity contribution in [1.29, 1.82) is 5.26 Å². The number of halogens is 1. The van der Waals surface area contributed by atoms with Gasteiger partial charge in [0.1, 0.15) is 17.6 Å². The molecule has 0 fully saturated rings. The number of hydrogen-bond acceptors (Lipinski definition) is 3. The van der Waals surface area contributed by atoms with E-state index < -0.39 is 0 Å². The lowest BCUT2D eigenvalue weighted by Gasteiger charge is -1.91. The maximum absolute atomic E-state index is 12.7. The predicted molar refractivity (Wildman–Crippen MR) is 59.1 cm³/mol. The second-order valence-electron chi connectivity index (χ2n) is 3.12. The number of nitriles is 1. The number of aromatic nitrogens is 2. The molecule has 0 amide bonds. The highest BCUT2D eigenvalue weighted by Crippen LogP contribution is 2.02. The Hall–Kier alpha value is -2.72. The van der Waals surface area contributed by atoms with Crippen molar-refractivity contribution in [2.24, 2.45) is 0 Å². The molecule has 0 spiro atoms. The molecule has 1 aromatic heterocycles. The average Bonchev–Trinajstić information content (AvgIpc) is 2.38. The average molecular weight is 223 g/mol. The van der Waals surface area contributed by atoms with Crippen LogP contribution in [0.3, 0.4) is 0 Å². The van der Waals surface area contributed by atoms with Gasteiger partial charge in [-0.15, -0.1) is 0 Å². The maximum Gasteiger partial charge on any atom is 0.174 e. The molecule has 80 valence electrons. The van der Waals surface area contributed by atoms with Gasteiger partial charge >= 0.3 is 0 Å². The summed E-state index contributed by atoms with van der Waals surface area (Å²) in [6, 6.07) is 7.68. The SMILES string of the molecule is N#Cc1nccnc1C#Cc1ccc(F)cc1. The molecular weight excluding hydrogens is 217 g/mol. The minimum Gasteiger partial charge on any atom is -0.243 e. The summed E-state index contributed by atoms with van der Waals surface area (Å²) in [4.78, 5) is 7.79. The van der Waals surface area contributed by atoms with Gasteiger partial charge in [0.05, 0.1) is 0 Å². The Bertz CT molecular complexity index is 630. The molecule has 0 unspecified atom stereocenters. The van der Waals surface area contributed by atoms with Crippen LogP contribution in [0.1, 0.15) is 17.0 Å². The highest BCUT2D eigenvalue weighted by atomic mass is 19.1. The van der Waals surface area contributed by atoms with Gasteiger partial charge in [0, 0.05) is 18.0 Å². The van der Waals surface area contributed by atoms with E-state index in [1.807, 2.05) is 6.07 Å². The first-order chi connectivity index (χ1) is 8.29. The van der Waals surface area contributed by atoms with Crippen molar-refractivity contribution in [2.75, 3.05) is 0 Å². The van der Waals surface area contributed by atoms with Gasteiger partial charge < -0.3 is 0 Å². The Morgan fingerprint density at radius 2 is 1.59 bits per heavy atom. The van der Waals surface area contributed by atoms with E-state index in [4.69, 9.17) is 5.26 Å². The van der Waals surface area contributed by atoms with Crippen molar-refractivity contribution in [2.45, 2.75) is 0 Å². The zero-order valence-corrected chi connectivity index (χ0v) is 8.68. The van der Waals surface area contributed by atoms with Crippen LogP contribution in [0.2, 0.25) is 0 Å². The molecule has 17 heavy (non-hydrogen) atoms. The van der Waals surface area contributed by atoms with Crippen molar-refractivity contribution in [3.63, 3.8) is 0 Å². The highest BCUT2D eigenvalue weighted by Gasteiger charge is 1.99. The molecule has 0 saturated carbocycles. The van der Waals surface area contributed by atoms with Gasteiger partial charge in [-0.2, -0.15) is 5.26 Å². The first-order valence-electron chi connectivity index (χ1n) is 4.78. The van der Waals surface area contributed by atoms with E-state index in [-0.39, 0.29) is 11.5 Å². The molecule has 0 aliphatic heterocycles. The molecular formula is C13H6FN3. The van der Waals surface area contributed by atoms with E-state index in [0.717, 1.165) is 0 Å². The van der Waals surface area contributed by atoms with Gasteiger partial charge in [-0.1, -0.05) is 5.92 Å². The molecule has 0 aliphatic rings. The van der Waals surface area contributed by atoms with Crippen LogP contribution in [-0.4, -0.2) is 9.97 Å². The van der Waals surface area contributed by atoms with Crippen molar-refractivity contribution >= 4 is 0 Å². The first-order valence-corrected chi connectivity index (χ1v) is 4.78. The van der Waals surface area contributed by atoms with Crippen LogP contribution < -0.4 is 0 Å². The van der Waals surface area contributed by atoms with Gasteiger partial charge in [-0.25, -0.2) is 14.4 Å². The second kappa shape index (κ2) is 4.87. The van der Waals surface area contributed by atoms with Crippen molar-refractivity contribution in [1.82, 2.24) is 9.97 Å². The van der Waals surface area contributed by atoms with Gasteiger partial charge in [0.2, 0.25) is 0 Å². The van der Waals surface area contributed by atoms with Gasteiger partial charge in [-0.05, 0) is 30.2 Å². The van der Waals surface area contributed by atoms with E-state index in [1.165, 1.54) is 24.5 Å². The molecule has 0 N–H and O–H groups in total. The number of benzene rings is 1. The molecule has 0 aliphatic carbocycles. The highest BCUT2D eigenvalue weighted by molar-refractivity contribution is 5.44. The summed E-state index contributed by atoms with van der Waals surface area (Å²) in [6.07, 6.45) is 2.90. The molecule has 1 aromatic carbocycles. The van der Waals surface area contributed by atoms with E-state index in [1.54, 1.807) is 12.1 Å². The summed E-state index contributed by atoms with van der Waals surface area (Å²) in [5.74, 6) is 5.21. The molecule has 4 heteroatoms. The van der Waals surface area contributed by atoms with Crippen molar-refractivity contribution < 1.29 is 4.39 Å². The van der Waals surface area contributed by atoms with Gasteiger partial charge in [0.15, 0.2) is 5.69 Å². The zero-order valence-electron chi connectivity index (χ0n) is 8.68. The Labute approximate surface area is 97.6 Å². The third-order valence-electron chi connectivity index (χ3n) is 1.97. The lowest BCUT2D eigenvalue weighted by atomic mass is 10.2. The van der Waals surface area contributed by atoms with Crippen LogP contribution in [-0.2, 0) is 0 Å². The standard InChI is InChI=1S/C13H6FN3/c14-11-4-1-10(2-5-11)3-6-12-13(9-15)17-8-7-16-12/h1-2,4-5,7-8H. The molecule has 2 rings (SSSR count).